The molecule has 2 amide bonds. The molecule has 1 fully saturated rings. The van der Waals surface area contributed by atoms with Gasteiger partial charge >= 0.3 is 6.03 Å². The molecular weight excluding hydrogens is 270 g/mol. The van der Waals surface area contributed by atoms with Crippen molar-refractivity contribution in [3.8, 4) is 0 Å². The fourth-order valence-corrected chi connectivity index (χ4v) is 3.78. The summed E-state index contributed by atoms with van der Waals surface area (Å²) in [6.45, 7) is 5.16. The minimum atomic E-state index is -0.0595. The van der Waals surface area contributed by atoms with Crippen LogP contribution < -0.4 is 5.32 Å². The van der Waals surface area contributed by atoms with E-state index in [4.69, 9.17) is 0 Å². The Balaban J connectivity index is 1.76. The second kappa shape index (κ2) is 4.90. The standard InChI is InChI=1S/C15H17N3OS/c1-15(2)10-18(13(15)12-6-4-8-20-12)14(19)17-11-5-3-7-16-9-11/h3-9,13H,10H2,1-2H3,(H,17,19). The number of aromatic nitrogens is 1. The van der Waals surface area contributed by atoms with Gasteiger partial charge in [-0.05, 0) is 23.6 Å². The van der Waals surface area contributed by atoms with Gasteiger partial charge in [-0.25, -0.2) is 4.79 Å². The predicted octanol–water partition coefficient (Wildman–Crippen LogP) is 3.76. The Morgan fingerprint density at radius 3 is 2.90 bits per heavy atom. The van der Waals surface area contributed by atoms with Crippen LogP contribution in [-0.4, -0.2) is 22.5 Å². The molecule has 1 aliphatic rings. The van der Waals surface area contributed by atoms with Crippen LogP contribution in [0.2, 0.25) is 0 Å². The highest BCUT2D eigenvalue weighted by Gasteiger charge is 2.49. The highest BCUT2D eigenvalue weighted by atomic mass is 32.1. The third kappa shape index (κ3) is 2.29. The molecule has 4 nitrogen and oxygen atoms in total. The lowest BCUT2D eigenvalue weighted by Crippen LogP contribution is -2.58. The fourth-order valence-electron chi connectivity index (χ4n) is 2.73. The van der Waals surface area contributed by atoms with E-state index in [2.05, 4.69) is 35.6 Å². The summed E-state index contributed by atoms with van der Waals surface area (Å²) in [6, 6.07) is 7.88. The number of nitrogens with one attached hydrogen (secondary N) is 1. The lowest BCUT2D eigenvalue weighted by Gasteiger charge is -2.53. The van der Waals surface area contributed by atoms with E-state index in [9.17, 15) is 4.79 Å². The van der Waals surface area contributed by atoms with Crippen molar-refractivity contribution in [2.24, 2.45) is 5.41 Å². The quantitative estimate of drug-likeness (QED) is 0.914. The van der Waals surface area contributed by atoms with Gasteiger partial charge in [0.1, 0.15) is 0 Å². The third-order valence-corrected chi connectivity index (χ3v) is 4.54. The van der Waals surface area contributed by atoms with Crippen molar-refractivity contribution in [3.05, 3.63) is 46.9 Å². The van der Waals surface area contributed by atoms with Crippen molar-refractivity contribution < 1.29 is 4.79 Å². The molecule has 104 valence electrons. The number of rotatable bonds is 2. The van der Waals surface area contributed by atoms with E-state index in [0.29, 0.717) is 0 Å². The first-order valence-electron chi connectivity index (χ1n) is 6.59. The summed E-state index contributed by atoms with van der Waals surface area (Å²) >= 11 is 1.70. The number of urea groups is 1. The molecule has 3 rings (SSSR count). The van der Waals surface area contributed by atoms with Gasteiger partial charge < -0.3 is 10.2 Å². The predicted molar refractivity (Wildman–Crippen MR) is 80.8 cm³/mol. The molecular formula is C15H17N3OS. The monoisotopic (exact) mass is 287 g/mol. The molecule has 2 aromatic rings. The van der Waals surface area contributed by atoms with Crippen LogP contribution in [0.15, 0.2) is 42.0 Å². The highest BCUT2D eigenvalue weighted by Crippen LogP contribution is 2.49. The van der Waals surface area contributed by atoms with Gasteiger partial charge in [-0.2, -0.15) is 0 Å². The van der Waals surface area contributed by atoms with Crippen molar-refractivity contribution in [2.75, 3.05) is 11.9 Å². The number of carbonyl (C=O) groups is 1. The Bertz CT molecular complexity index is 595. The lowest BCUT2D eigenvalue weighted by atomic mass is 9.74. The van der Waals surface area contributed by atoms with Crippen LogP contribution in [0.3, 0.4) is 0 Å². The molecule has 0 bridgehead atoms. The number of anilines is 1. The molecule has 0 aliphatic carbocycles. The SMILES string of the molecule is CC1(C)CN(C(=O)Nc2cccnc2)C1c1cccs1. The Hall–Kier alpha value is -1.88. The normalized spacial score (nSPS) is 20.3. The number of carbonyl (C=O) groups excluding carboxylic acids is 1. The number of hydrogen-bond acceptors (Lipinski definition) is 3. The molecule has 0 saturated carbocycles. The van der Waals surface area contributed by atoms with Gasteiger partial charge in [-0.3, -0.25) is 4.98 Å². The largest absolute Gasteiger partial charge is 0.322 e. The molecule has 0 spiro atoms. The van der Waals surface area contributed by atoms with Crippen LogP contribution in [0.25, 0.3) is 0 Å². The summed E-state index contributed by atoms with van der Waals surface area (Å²) in [6.07, 6.45) is 3.35. The van der Waals surface area contributed by atoms with E-state index < -0.39 is 0 Å². The summed E-state index contributed by atoms with van der Waals surface area (Å²) in [5.41, 5.74) is 0.851. The second-order valence-corrected chi connectivity index (χ2v) is 6.69. The molecule has 0 radical (unpaired) electrons. The van der Waals surface area contributed by atoms with Gasteiger partial charge in [-0.1, -0.05) is 19.9 Å². The van der Waals surface area contributed by atoms with Crippen molar-refractivity contribution in [3.63, 3.8) is 0 Å². The summed E-state index contributed by atoms with van der Waals surface area (Å²) in [5, 5.41) is 4.96. The molecule has 2 aromatic heterocycles. The third-order valence-electron chi connectivity index (χ3n) is 3.62. The topological polar surface area (TPSA) is 45.2 Å². The number of likely N-dealkylation sites (tertiary alicyclic amines) is 1. The zero-order chi connectivity index (χ0) is 14.2. The number of pyridine rings is 1. The van der Waals surface area contributed by atoms with Crippen molar-refractivity contribution in [1.82, 2.24) is 9.88 Å². The molecule has 0 aromatic carbocycles. The molecule has 3 heterocycles. The smallest absolute Gasteiger partial charge is 0.315 e. The Morgan fingerprint density at radius 1 is 1.45 bits per heavy atom. The van der Waals surface area contributed by atoms with Crippen LogP contribution in [-0.2, 0) is 0 Å². The van der Waals surface area contributed by atoms with E-state index in [1.807, 2.05) is 23.1 Å². The van der Waals surface area contributed by atoms with Crippen molar-refractivity contribution in [1.29, 1.82) is 0 Å². The maximum absolute atomic E-state index is 12.4. The first-order chi connectivity index (χ1) is 9.58. The molecule has 5 heteroatoms. The molecule has 1 atom stereocenters. The first-order valence-corrected chi connectivity index (χ1v) is 7.47. The maximum atomic E-state index is 12.4. The van der Waals surface area contributed by atoms with E-state index in [0.717, 1.165) is 12.2 Å². The second-order valence-electron chi connectivity index (χ2n) is 5.71. The van der Waals surface area contributed by atoms with Crippen molar-refractivity contribution >= 4 is 23.1 Å². The lowest BCUT2D eigenvalue weighted by molar-refractivity contribution is -0.00933. The zero-order valence-electron chi connectivity index (χ0n) is 11.5. The summed E-state index contributed by atoms with van der Waals surface area (Å²) in [7, 11) is 0. The number of hydrogen-bond donors (Lipinski definition) is 1. The maximum Gasteiger partial charge on any atom is 0.322 e. The molecule has 1 saturated heterocycles. The van der Waals surface area contributed by atoms with E-state index >= 15 is 0 Å². The number of nitrogens with zero attached hydrogens (tertiary/aromatic N) is 2. The van der Waals surface area contributed by atoms with Crippen LogP contribution in [0.4, 0.5) is 10.5 Å². The summed E-state index contributed by atoms with van der Waals surface area (Å²) in [4.78, 5) is 19.5. The minimum Gasteiger partial charge on any atom is -0.315 e. The number of amides is 2. The zero-order valence-corrected chi connectivity index (χ0v) is 12.4. The van der Waals surface area contributed by atoms with E-state index in [1.54, 1.807) is 23.7 Å². The van der Waals surface area contributed by atoms with E-state index in [1.165, 1.54) is 4.88 Å². The van der Waals surface area contributed by atoms with Crippen molar-refractivity contribution in [2.45, 2.75) is 19.9 Å². The van der Waals surface area contributed by atoms with E-state index in [-0.39, 0.29) is 17.5 Å². The van der Waals surface area contributed by atoms with Gasteiger partial charge in [0.25, 0.3) is 0 Å². The van der Waals surface area contributed by atoms with Gasteiger partial charge in [-0.15, -0.1) is 11.3 Å². The van der Waals surface area contributed by atoms with Crippen LogP contribution in [0.5, 0.6) is 0 Å². The highest BCUT2D eigenvalue weighted by molar-refractivity contribution is 7.10. The Labute approximate surface area is 122 Å². The van der Waals surface area contributed by atoms with Crippen LogP contribution in [0, 0.1) is 5.41 Å². The van der Waals surface area contributed by atoms with Gasteiger partial charge in [0.05, 0.1) is 17.9 Å². The van der Waals surface area contributed by atoms with Gasteiger partial charge in [0.2, 0.25) is 0 Å². The average molecular weight is 287 g/mol. The molecule has 1 aliphatic heterocycles. The van der Waals surface area contributed by atoms with Gasteiger partial charge in [0.15, 0.2) is 0 Å². The average Bonchev–Trinajstić information content (AvgIpc) is 2.90. The Kier molecular flexibility index (Phi) is 3.22. The summed E-state index contributed by atoms with van der Waals surface area (Å²) in [5.74, 6) is 0. The molecule has 1 unspecified atom stereocenters. The molecule has 1 N–H and O–H groups in total. The first kappa shape index (κ1) is 13.1. The minimum absolute atomic E-state index is 0.0595. The molecule has 20 heavy (non-hydrogen) atoms. The number of thiophene rings is 1. The fraction of sp³-hybridized carbons (Fsp3) is 0.333. The summed E-state index contributed by atoms with van der Waals surface area (Å²) < 4.78 is 0. The van der Waals surface area contributed by atoms with Gasteiger partial charge in [0, 0.05) is 23.0 Å². The van der Waals surface area contributed by atoms with Crippen LogP contribution in [0.1, 0.15) is 24.8 Å². The van der Waals surface area contributed by atoms with Crippen LogP contribution >= 0.6 is 11.3 Å². The Morgan fingerprint density at radius 2 is 2.30 bits per heavy atom.